The summed E-state index contributed by atoms with van der Waals surface area (Å²) in [5.74, 6) is 0.364. The Morgan fingerprint density at radius 1 is 1.26 bits per heavy atom. The van der Waals surface area contributed by atoms with Gasteiger partial charge >= 0.3 is 0 Å². The van der Waals surface area contributed by atoms with E-state index in [1.54, 1.807) is 18.2 Å². The Morgan fingerprint density at radius 2 is 2.05 bits per heavy atom. The molecule has 0 aliphatic carbocycles. The summed E-state index contributed by atoms with van der Waals surface area (Å²) >= 11 is 0. The van der Waals surface area contributed by atoms with Crippen molar-refractivity contribution >= 4 is 11.6 Å². The van der Waals surface area contributed by atoms with Gasteiger partial charge in [-0.25, -0.2) is 0 Å². The van der Waals surface area contributed by atoms with Gasteiger partial charge in [0.15, 0.2) is 5.75 Å². The maximum Gasteiger partial charge on any atom is 0.255 e. The Hall–Kier alpha value is -1.71. The highest BCUT2D eigenvalue weighted by atomic mass is 16.5. The molecule has 1 rings (SSSR count). The topological polar surface area (TPSA) is 64.4 Å². The first-order chi connectivity index (χ1) is 9.20. The number of amides is 1. The summed E-state index contributed by atoms with van der Waals surface area (Å²) in [6.07, 6.45) is 4.55. The third-order valence-electron chi connectivity index (χ3n) is 2.89. The van der Waals surface area contributed by atoms with E-state index < -0.39 is 0 Å². The molecular weight excluding hydrogens is 240 g/mol. The van der Waals surface area contributed by atoms with Crippen LogP contribution in [0.15, 0.2) is 18.2 Å². The molecule has 0 unspecified atom stereocenters. The van der Waals surface area contributed by atoms with E-state index in [9.17, 15) is 4.79 Å². The standard InChI is InChI=1S/C15H24N2O2/c1-3-5-6-7-11-17-15(18)12-9-8-10-13(16)14(12)19-4-2/h8-10H,3-7,11,16H2,1-2H3,(H,17,18). The zero-order chi connectivity index (χ0) is 14.1. The predicted octanol–water partition coefficient (Wildman–Crippen LogP) is 2.98. The number of carbonyl (C=O) groups excluding carboxylic acids is 1. The molecule has 0 fully saturated rings. The molecule has 0 radical (unpaired) electrons. The van der Waals surface area contributed by atoms with Gasteiger partial charge in [-0.05, 0) is 25.5 Å². The smallest absolute Gasteiger partial charge is 0.255 e. The van der Waals surface area contributed by atoms with Gasteiger partial charge in [0.1, 0.15) is 0 Å². The van der Waals surface area contributed by atoms with Crippen molar-refractivity contribution in [2.45, 2.75) is 39.5 Å². The SMILES string of the molecule is CCCCCCNC(=O)c1cccc(N)c1OCC. The van der Waals surface area contributed by atoms with Crippen molar-refractivity contribution in [1.29, 1.82) is 0 Å². The second-order valence-corrected chi connectivity index (χ2v) is 4.47. The van der Waals surface area contributed by atoms with Crippen LogP contribution in [0.2, 0.25) is 0 Å². The van der Waals surface area contributed by atoms with Crippen molar-refractivity contribution in [2.75, 3.05) is 18.9 Å². The van der Waals surface area contributed by atoms with Gasteiger partial charge < -0.3 is 15.8 Å². The van der Waals surface area contributed by atoms with Gasteiger partial charge in [-0.1, -0.05) is 32.3 Å². The lowest BCUT2D eigenvalue weighted by molar-refractivity contribution is 0.0949. The molecule has 0 atom stereocenters. The number of para-hydroxylation sites is 1. The molecular formula is C15H24N2O2. The van der Waals surface area contributed by atoms with Crippen LogP contribution >= 0.6 is 0 Å². The molecule has 3 N–H and O–H groups in total. The number of anilines is 1. The molecule has 1 aromatic carbocycles. The van der Waals surface area contributed by atoms with Crippen molar-refractivity contribution in [1.82, 2.24) is 5.32 Å². The largest absolute Gasteiger partial charge is 0.491 e. The molecule has 0 saturated carbocycles. The zero-order valence-electron chi connectivity index (χ0n) is 11.9. The van der Waals surface area contributed by atoms with E-state index in [0.717, 1.165) is 12.8 Å². The average molecular weight is 264 g/mol. The second kappa shape index (κ2) is 8.40. The fourth-order valence-electron chi connectivity index (χ4n) is 1.89. The molecule has 0 aliphatic rings. The summed E-state index contributed by atoms with van der Waals surface area (Å²) in [7, 11) is 0. The molecule has 0 heterocycles. The van der Waals surface area contributed by atoms with Gasteiger partial charge in [-0.15, -0.1) is 0 Å². The number of hydrogen-bond donors (Lipinski definition) is 2. The number of unbranched alkanes of at least 4 members (excludes halogenated alkanes) is 3. The third kappa shape index (κ3) is 4.81. The summed E-state index contributed by atoms with van der Waals surface area (Å²) in [6.45, 7) is 5.22. The van der Waals surface area contributed by atoms with Crippen LogP contribution in [0.25, 0.3) is 0 Å². The maximum absolute atomic E-state index is 12.1. The Labute approximate surface area is 115 Å². The first-order valence-electron chi connectivity index (χ1n) is 7.00. The van der Waals surface area contributed by atoms with E-state index in [1.165, 1.54) is 12.8 Å². The monoisotopic (exact) mass is 264 g/mol. The Bertz CT molecular complexity index is 405. The lowest BCUT2D eigenvalue weighted by Gasteiger charge is -2.12. The number of rotatable bonds is 8. The number of nitrogens with two attached hydrogens (primary N) is 1. The summed E-state index contributed by atoms with van der Waals surface area (Å²) in [5.41, 5.74) is 6.85. The predicted molar refractivity (Wildman–Crippen MR) is 78.5 cm³/mol. The summed E-state index contributed by atoms with van der Waals surface area (Å²) < 4.78 is 5.45. The second-order valence-electron chi connectivity index (χ2n) is 4.47. The number of ether oxygens (including phenoxy) is 1. The van der Waals surface area contributed by atoms with E-state index in [0.29, 0.717) is 30.2 Å². The molecule has 0 bridgehead atoms. The van der Waals surface area contributed by atoms with Crippen molar-refractivity contribution in [2.24, 2.45) is 0 Å². The molecule has 0 aromatic heterocycles. The molecule has 0 saturated heterocycles. The van der Waals surface area contributed by atoms with Gasteiger partial charge in [0.2, 0.25) is 0 Å². The van der Waals surface area contributed by atoms with Crippen LogP contribution in [0.5, 0.6) is 5.75 Å². The van der Waals surface area contributed by atoms with Crippen LogP contribution in [0.3, 0.4) is 0 Å². The Kier molecular flexibility index (Phi) is 6.79. The van der Waals surface area contributed by atoms with E-state index in [4.69, 9.17) is 10.5 Å². The fourth-order valence-corrected chi connectivity index (χ4v) is 1.89. The van der Waals surface area contributed by atoms with Crippen molar-refractivity contribution in [3.8, 4) is 5.75 Å². The Morgan fingerprint density at radius 3 is 2.74 bits per heavy atom. The van der Waals surface area contributed by atoms with Crippen LogP contribution < -0.4 is 15.8 Å². The number of nitrogens with one attached hydrogen (secondary N) is 1. The van der Waals surface area contributed by atoms with Gasteiger partial charge in [0, 0.05) is 6.54 Å². The van der Waals surface area contributed by atoms with Crippen molar-refractivity contribution in [3.05, 3.63) is 23.8 Å². The number of hydrogen-bond acceptors (Lipinski definition) is 3. The van der Waals surface area contributed by atoms with Crippen LogP contribution in [0.1, 0.15) is 49.9 Å². The van der Waals surface area contributed by atoms with Gasteiger partial charge in [-0.3, -0.25) is 4.79 Å². The zero-order valence-corrected chi connectivity index (χ0v) is 11.9. The minimum Gasteiger partial charge on any atom is -0.491 e. The fraction of sp³-hybridized carbons (Fsp3) is 0.533. The molecule has 4 heteroatoms. The number of carbonyl (C=O) groups is 1. The van der Waals surface area contributed by atoms with Gasteiger partial charge in [-0.2, -0.15) is 0 Å². The van der Waals surface area contributed by atoms with Crippen molar-refractivity contribution < 1.29 is 9.53 Å². The van der Waals surface area contributed by atoms with E-state index >= 15 is 0 Å². The van der Waals surface area contributed by atoms with E-state index in [-0.39, 0.29) is 5.91 Å². The van der Waals surface area contributed by atoms with Crippen LogP contribution in [-0.2, 0) is 0 Å². The van der Waals surface area contributed by atoms with Crippen LogP contribution in [0.4, 0.5) is 5.69 Å². The van der Waals surface area contributed by atoms with Crippen molar-refractivity contribution in [3.63, 3.8) is 0 Å². The lowest BCUT2D eigenvalue weighted by Crippen LogP contribution is -2.25. The molecule has 106 valence electrons. The summed E-state index contributed by atoms with van der Waals surface area (Å²) in [5, 5.41) is 2.91. The van der Waals surface area contributed by atoms with E-state index in [1.807, 2.05) is 6.92 Å². The lowest BCUT2D eigenvalue weighted by atomic mass is 10.1. The molecule has 0 aliphatic heterocycles. The first-order valence-corrected chi connectivity index (χ1v) is 7.00. The molecule has 1 aromatic rings. The van der Waals surface area contributed by atoms with Crippen LogP contribution in [0, 0.1) is 0 Å². The third-order valence-corrected chi connectivity index (χ3v) is 2.89. The summed E-state index contributed by atoms with van der Waals surface area (Å²) in [6, 6.07) is 5.25. The molecule has 1 amide bonds. The quantitative estimate of drug-likeness (QED) is 0.560. The minimum atomic E-state index is -0.118. The highest BCUT2D eigenvalue weighted by molar-refractivity contribution is 5.98. The maximum atomic E-state index is 12.1. The molecule has 4 nitrogen and oxygen atoms in total. The molecule has 19 heavy (non-hydrogen) atoms. The highest BCUT2D eigenvalue weighted by Crippen LogP contribution is 2.26. The molecule has 0 spiro atoms. The number of benzene rings is 1. The minimum absolute atomic E-state index is 0.118. The normalized spacial score (nSPS) is 10.2. The Balaban J connectivity index is 2.58. The average Bonchev–Trinajstić information content (AvgIpc) is 2.41. The first kappa shape index (κ1) is 15.3. The van der Waals surface area contributed by atoms with Crippen LogP contribution in [-0.4, -0.2) is 19.1 Å². The summed E-state index contributed by atoms with van der Waals surface area (Å²) in [4.78, 5) is 12.1. The van der Waals surface area contributed by atoms with E-state index in [2.05, 4.69) is 12.2 Å². The highest BCUT2D eigenvalue weighted by Gasteiger charge is 2.14. The van der Waals surface area contributed by atoms with Gasteiger partial charge in [0.25, 0.3) is 5.91 Å². The number of nitrogen functional groups attached to an aromatic ring is 1. The van der Waals surface area contributed by atoms with Gasteiger partial charge in [0.05, 0.1) is 17.9 Å².